The summed E-state index contributed by atoms with van der Waals surface area (Å²) in [5, 5.41) is 6.02. The number of halogens is 1. The Bertz CT molecular complexity index is 876. The molecule has 1 aromatic carbocycles. The maximum absolute atomic E-state index is 12.5. The lowest BCUT2D eigenvalue weighted by molar-refractivity contribution is 0.0693. The highest BCUT2D eigenvalue weighted by atomic mass is 35.5. The van der Waals surface area contributed by atoms with Gasteiger partial charge in [-0.25, -0.2) is 13.4 Å². The lowest BCUT2D eigenvalue weighted by Crippen LogP contribution is -2.50. The van der Waals surface area contributed by atoms with Gasteiger partial charge in [0.1, 0.15) is 5.69 Å². The number of anilines is 2. The second kappa shape index (κ2) is 7.28. The minimum Gasteiger partial charge on any atom is -0.335 e. The SMILES string of the molecule is CS(=O)(=O)N1CCN(C(=O)c2csc(Nc3cccc(Cl)c3)n2)CC1. The maximum Gasteiger partial charge on any atom is 0.273 e. The topological polar surface area (TPSA) is 82.6 Å². The van der Waals surface area contributed by atoms with E-state index in [4.69, 9.17) is 11.6 Å². The average molecular weight is 401 g/mol. The number of carbonyl (C=O) groups is 1. The van der Waals surface area contributed by atoms with Gasteiger partial charge < -0.3 is 10.2 Å². The Kier molecular flexibility index (Phi) is 5.28. The van der Waals surface area contributed by atoms with Crippen LogP contribution in [-0.4, -0.2) is 60.9 Å². The van der Waals surface area contributed by atoms with E-state index in [0.29, 0.717) is 42.0 Å². The molecular weight excluding hydrogens is 384 g/mol. The standard InChI is InChI=1S/C15H17ClN4O3S2/c1-25(22,23)20-7-5-19(6-8-20)14(21)13-10-24-15(18-13)17-12-4-2-3-11(16)9-12/h2-4,9-10H,5-8H2,1H3,(H,17,18). The van der Waals surface area contributed by atoms with Crippen LogP contribution in [0.15, 0.2) is 29.6 Å². The van der Waals surface area contributed by atoms with Gasteiger partial charge >= 0.3 is 0 Å². The zero-order chi connectivity index (χ0) is 18.0. The highest BCUT2D eigenvalue weighted by Crippen LogP contribution is 2.24. The van der Waals surface area contributed by atoms with Crippen molar-refractivity contribution < 1.29 is 13.2 Å². The van der Waals surface area contributed by atoms with E-state index in [1.165, 1.54) is 21.9 Å². The largest absolute Gasteiger partial charge is 0.335 e. The summed E-state index contributed by atoms with van der Waals surface area (Å²) in [5.74, 6) is -0.191. The molecular formula is C15H17ClN4O3S2. The highest BCUT2D eigenvalue weighted by Gasteiger charge is 2.27. The number of carbonyl (C=O) groups excluding carboxylic acids is 1. The summed E-state index contributed by atoms with van der Waals surface area (Å²) < 4.78 is 24.4. The molecule has 134 valence electrons. The molecule has 1 fully saturated rings. The Morgan fingerprint density at radius 2 is 2.00 bits per heavy atom. The molecule has 0 aliphatic carbocycles. The van der Waals surface area contributed by atoms with E-state index in [1.807, 2.05) is 12.1 Å². The summed E-state index contributed by atoms with van der Waals surface area (Å²) >= 11 is 7.28. The van der Waals surface area contributed by atoms with Crippen molar-refractivity contribution in [3.8, 4) is 0 Å². The molecule has 1 saturated heterocycles. The quantitative estimate of drug-likeness (QED) is 0.851. The van der Waals surface area contributed by atoms with Gasteiger partial charge in [0.05, 0.1) is 6.26 Å². The molecule has 0 radical (unpaired) electrons. The molecule has 2 heterocycles. The molecule has 1 amide bonds. The number of hydrogen-bond donors (Lipinski definition) is 1. The van der Waals surface area contributed by atoms with Gasteiger partial charge in [-0.05, 0) is 18.2 Å². The predicted molar refractivity (Wildman–Crippen MR) is 99.2 cm³/mol. The highest BCUT2D eigenvalue weighted by molar-refractivity contribution is 7.88. The molecule has 3 rings (SSSR count). The summed E-state index contributed by atoms with van der Waals surface area (Å²) in [6.45, 7) is 1.34. The van der Waals surface area contributed by atoms with Crippen LogP contribution in [0.25, 0.3) is 0 Å². The Morgan fingerprint density at radius 3 is 2.64 bits per heavy atom. The van der Waals surface area contributed by atoms with Crippen LogP contribution in [0.3, 0.4) is 0 Å². The van der Waals surface area contributed by atoms with E-state index in [-0.39, 0.29) is 5.91 Å². The molecule has 2 aromatic rings. The van der Waals surface area contributed by atoms with Crippen LogP contribution in [0.5, 0.6) is 0 Å². The van der Waals surface area contributed by atoms with Crippen LogP contribution in [0.4, 0.5) is 10.8 Å². The smallest absolute Gasteiger partial charge is 0.273 e. The normalized spacial score (nSPS) is 16.0. The van der Waals surface area contributed by atoms with Gasteiger partial charge in [-0.3, -0.25) is 4.79 Å². The zero-order valence-corrected chi connectivity index (χ0v) is 15.9. The average Bonchev–Trinajstić information content (AvgIpc) is 3.02. The van der Waals surface area contributed by atoms with E-state index in [2.05, 4.69) is 10.3 Å². The molecule has 1 N–H and O–H groups in total. The predicted octanol–water partition coefficient (Wildman–Crippen LogP) is 2.26. The van der Waals surface area contributed by atoms with E-state index in [0.717, 1.165) is 5.69 Å². The van der Waals surface area contributed by atoms with E-state index < -0.39 is 10.0 Å². The molecule has 0 bridgehead atoms. The van der Waals surface area contributed by atoms with Gasteiger partial charge in [0.15, 0.2) is 5.13 Å². The van der Waals surface area contributed by atoms with E-state index in [1.54, 1.807) is 22.4 Å². The fourth-order valence-electron chi connectivity index (χ4n) is 2.50. The van der Waals surface area contributed by atoms with Gasteiger partial charge in [0, 0.05) is 42.3 Å². The molecule has 0 unspecified atom stereocenters. The van der Waals surface area contributed by atoms with Gasteiger partial charge in [0.2, 0.25) is 10.0 Å². The second-order valence-electron chi connectivity index (χ2n) is 5.63. The summed E-state index contributed by atoms with van der Waals surface area (Å²) in [5.41, 5.74) is 1.14. The van der Waals surface area contributed by atoms with Crippen molar-refractivity contribution in [3.05, 3.63) is 40.4 Å². The number of piperazine rings is 1. The Labute approximate surface area is 155 Å². The van der Waals surface area contributed by atoms with Crippen LogP contribution in [0, 0.1) is 0 Å². The van der Waals surface area contributed by atoms with Crippen molar-refractivity contribution in [1.82, 2.24) is 14.2 Å². The zero-order valence-electron chi connectivity index (χ0n) is 13.5. The van der Waals surface area contributed by atoms with Crippen LogP contribution in [0.2, 0.25) is 5.02 Å². The number of sulfonamides is 1. The van der Waals surface area contributed by atoms with E-state index in [9.17, 15) is 13.2 Å². The molecule has 0 atom stereocenters. The number of amides is 1. The minimum absolute atomic E-state index is 0.191. The van der Waals surface area contributed by atoms with Crippen LogP contribution in [-0.2, 0) is 10.0 Å². The summed E-state index contributed by atoms with van der Waals surface area (Å²) in [6, 6.07) is 7.24. The molecule has 0 saturated carbocycles. The monoisotopic (exact) mass is 400 g/mol. The molecule has 25 heavy (non-hydrogen) atoms. The fraction of sp³-hybridized carbons (Fsp3) is 0.333. The first kappa shape index (κ1) is 18.1. The first-order valence-electron chi connectivity index (χ1n) is 7.55. The molecule has 10 heteroatoms. The molecule has 0 spiro atoms. The number of hydrogen-bond acceptors (Lipinski definition) is 6. The second-order valence-corrected chi connectivity index (χ2v) is 8.90. The number of rotatable bonds is 4. The molecule has 1 aromatic heterocycles. The summed E-state index contributed by atoms with van der Waals surface area (Å²) in [7, 11) is -3.21. The Hall–Kier alpha value is -1.68. The van der Waals surface area contributed by atoms with Gasteiger partial charge in [0.25, 0.3) is 5.91 Å². The van der Waals surface area contributed by atoms with Crippen LogP contribution < -0.4 is 5.32 Å². The van der Waals surface area contributed by atoms with Crippen molar-refractivity contribution in [2.75, 3.05) is 37.8 Å². The third-order valence-corrected chi connectivity index (χ3v) is 6.09. The van der Waals surface area contributed by atoms with Crippen molar-refractivity contribution in [2.24, 2.45) is 0 Å². The van der Waals surface area contributed by atoms with Crippen molar-refractivity contribution >= 4 is 49.7 Å². The summed E-state index contributed by atoms with van der Waals surface area (Å²) in [4.78, 5) is 18.5. The Morgan fingerprint density at radius 1 is 1.28 bits per heavy atom. The van der Waals surface area contributed by atoms with Gasteiger partial charge in [-0.1, -0.05) is 17.7 Å². The van der Waals surface area contributed by atoms with Crippen molar-refractivity contribution in [2.45, 2.75) is 0 Å². The third kappa shape index (κ3) is 4.49. The van der Waals surface area contributed by atoms with Crippen molar-refractivity contribution in [3.63, 3.8) is 0 Å². The fourth-order valence-corrected chi connectivity index (χ4v) is 4.23. The molecule has 1 aliphatic rings. The number of benzene rings is 1. The van der Waals surface area contributed by atoms with E-state index >= 15 is 0 Å². The van der Waals surface area contributed by atoms with Crippen LogP contribution >= 0.6 is 22.9 Å². The molecule has 7 nitrogen and oxygen atoms in total. The Balaban J connectivity index is 1.63. The number of aromatic nitrogens is 1. The van der Waals surface area contributed by atoms with Crippen LogP contribution in [0.1, 0.15) is 10.5 Å². The summed E-state index contributed by atoms with van der Waals surface area (Å²) in [6.07, 6.45) is 1.18. The minimum atomic E-state index is -3.21. The molecule has 1 aliphatic heterocycles. The van der Waals surface area contributed by atoms with Crippen molar-refractivity contribution in [1.29, 1.82) is 0 Å². The lowest BCUT2D eigenvalue weighted by atomic mass is 10.3. The maximum atomic E-state index is 12.5. The number of nitrogens with zero attached hydrogens (tertiary/aromatic N) is 3. The van der Waals surface area contributed by atoms with Gasteiger partial charge in [-0.2, -0.15) is 4.31 Å². The lowest BCUT2D eigenvalue weighted by Gasteiger charge is -2.32. The number of thiazole rings is 1. The first-order valence-corrected chi connectivity index (χ1v) is 10.7. The van der Waals surface area contributed by atoms with Gasteiger partial charge in [-0.15, -0.1) is 11.3 Å². The number of nitrogens with one attached hydrogen (secondary N) is 1. The third-order valence-electron chi connectivity index (χ3n) is 3.79. The first-order chi connectivity index (χ1) is 11.8.